The van der Waals surface area contributed by atoms with Gasteiger partial charge in [-0.3, -0.25) is 4.79 Å². The second kappa shape index (κ2) is 9.07. The SMILES string of the molecule is CCOC(=O)C(N)CCSCC(C)=CCl. The van der Waals surface area contributed by atoms with Gasteiger partial charge in [-0.05, 0) is 26.0 Å². The average molecular weight is 252 g/mol. The predicted octanol–water partition coefficient (Wildman–Crippen LogP) is 2.14. The molecule has 0 aromatic carbocycles. The van der Waals surface area contributed by atoms with Crippen molar-refractivity contribution in [3.63, 3.8) is 0 Å². The van der Waals surface area contributed by atoms with Crippen LogP contribution >= 0.6 is 23.4 Å². The van der Waals surface area contributed by atoms with Crippen LogP contribution in [0.4, 0.5) is 0 Å². The van der Waals surface area contributed by atoms with Crippen LogP contribution in [0.1, 0.15) is 20.3 Å². The van der Waals surface area contributed by atoms with Gasteiger partial charge in [-0.25, -0.2) is 0 Å². The first-order chi connectivity index (χ1) is 7.11. The molecule has 1 atom stereocenters. The summed E-state index contributed by atoms with van der Waals surface area (Å²) in [6.45, 7) is 4.12. The lowest BCUT2D eigenvalue weighted by Gasteiger charge is -2.09. The molecule has 2 N–H and O–H groups in total. The molecule has 0 rings (SSSR count). The number of hydrogen-bond donors (Lipinski definition) is 1. The van der Waals surface area contributed by atoms with Gasteiger partial charge in [0.2, 0.25) is 0 Å². The Hall–Kier alpha value is -0.190. The molecule has 0 aliphatic heterocycles. The molecule has 15 heavy (non-hydrogen) atoms. The van der Waals surface area contributed by atoms with Crippen molar-refractivity contribution in [1.82, 2.24) is 0 Å². The third-order valence-electron chi connectivity index (χ3n) is 1.68. The van der Waals surface area contributed by atoms with E-state index in [4.69, 9.17) is 22.1 Å². The average Bonchev–Trinajstić information content (AvgIpc) is 2.23. The van der Waals surface area contributed by atoms with E-state index in [-0.39, 0.29) is 5.97 Å². The van der Waals surface area contributed by atoms with Gasteiger partial charge in [0.1, 0.15) is 6.04 Å². The highest BCUT2D eigenvalue weighted by molar-refractivity contribution is 7.99. The molecule has 0 heterocycles. The molecule has 3 nitrogen and oxygen atoms in total. The maximum Gasteiger partial charge on any atom is 0.322 e. The molecule has 5 heteroatoms. The zero-order valence-electron chi connectivity index (χ0n) is 9.16. The van der Waals surface area contributed by atoms with Gasteiger partial charge in [0.25, 0.3) is 0 Å². The summed E-state index contributed by atoms with van der Waals surface area (Å²) < 4.78 is 4.80. The van der Waals surface area contributed by atoms with Crippen LogP contribution in [0.2, 0.25) is 0 Å². The highest BCUT2D eigenvalue weighted by Crippen LogP contribution is 2.10. The van der Waals surface area contributed by atoms with Crippen LogP contribution < -0.4 is 5.73 Å². The zero-order chi connectivity index (χ0) is 11.7. The Morgan fingerprint density at radius 2 is 2.33 bits per heavy atom. The molecule has 0 bridgehead atoms. The van der Waals surface area contributed by atoms with E-state index < -0.39 is 6.04 Å². The number of halogens is 1. The first-order valence-electron chi connectivity index (χ1n) is 4.87. The van der Waals surface area contributed by atoms with Crippen molar-refractivity contribution in [3.05, 3.63) is 11.1 Å². The van der Waals surface area contributed by atoms with Crippen molar-refractivity contribution in [2.45, 2.75) is 26.3 Å². The maximum atomic E-state index is 11.1. The van der Waals surface area contributed by atoms with Gasteiger partial charge >= 0.3 is 5.97 Å². The summed E-state index contributed by atoms with van der Waals surface area (Å²) in [5, 5.41) is 0. The van der Waals surface area contributed by atoms with Crippen LogP contribution in [0.3, 0.4) is 0 Å². The molecule has 0 aromatic rings. The lowest BCUT2D eigenvalue weighted by Crippen LogP contribution is -2.32. The van der Waals surface area contributed by atoms with E-state index in [0.717, 1.165) is 17.1 Å². The van der Waals surface area contributed by atoms with Crippen molar-refractivity contribution in [2.75, 3.05) is 18.1 Å². The van der Waals surface area contributed by atoms with Crippen molar-refractivity contribution in [2.24, 2.45) is 5.73 Å². The van der Waals surface area contributed by atoms with Gasteiger partial charge < -0.3 is 10.5 Å². The Balaban J connectivity index is 3.54. The Bertz CT molecular complexity index is 221. The number of rotatable bonds is 7. The minimum absolute atomic E-state index is 0.317. The molecule has 88 valence electrons. The Morgan fingerprint density at radius 1 is 1.67 bits per heavy atom. The van der Waals surface area contributed by atoms with Crippen molar-refractivity contribution >= 4 is 29.3 Å². The maximum absolute atomic E-state index is 11.1. The largest absolute Gasteiger partial charge is 0.465 e. The van der Waals surface area contributed by atoms with Crippen LogP contribution in [-0.4, -0.2) is 30.1 Å². The van der Waals surface area contributed by atoms with Gasteiger partial charge in [0.05, 0.1) is 6.61 Å². The normalized spacial score (nSPS) is 13.7. The van der Waals surface area contributed by atoms with E-state index in [0.29, 0.717) is 13.0 Å². The standard InChI is InChI=1S/C10H18ClNO2S/c1-3-14-10(13)9(12)4-5-15-7-8(2)6-11/h6,9H,3-5,7,12H2,1-2H3. The Kier molecular flexibility index (Phi) is 8.95. The molecule has 0 fully saturated rings. The van der Waals surface area contributed by atoms with Gasteiger partial charge in [-0.2, -0.15) is 11.8 Å². The highest BCUT2D eigenvalue weighted by atomic mass is 35.5. The zero-order valence-corrected chi connectivity index (χ0v) is 10.7. The van der Waals surface area contributed by atoms with Crippen molar-refractivity contribution in [3.8, 4) is 0 Å². The van der Waals surface area contributed by atoms with Gasteiger partial charge in [0.15, 0.2) is 0 Å². The third kappa shape index (κ3) is 7.71. The number of esters is 1. The fourth-order valence-electron chi connectivity index (χ4n) is 0.842. The predicted molar refractivity (Wildman–Crippen MR) is 66.2 cm³/mol. The smallest absolute Gasteiger partial charge is 0.322 e. The topological polar surface area (TPSA) is 52.3 Å². The summed E-state index contributed by atoms with van der Waals surface area (Å²) in [7, 11) is 0. The molecule has 0 saturated heterocycles. The second-order valence-corrected chi connectivity index (χ2v) is 4.48. The minimum atomic E-state index is -0.502. The van der Waals surface area contributed by atoms with E-state index in [9.17, 15) is 4.79 Å². The van der Waals surface area contributed by atoms with Crippen LogP contribution in [0, 0.1) is 0 Å². The minimum Gasteiger partial charge on any atom is -0.465 e. The van der Waals surface area contributed by atoms with E-state index in [2.05, 4.69) is 0 Å². The monoisotopic (exact) mass is 251 g/mol. The van der Waals surface area contributed by atoms with Crippen molar-refractivity contribution in [1.29, 1.82) is 0 Å². The summed E-state index contributed by atoms with van der Waals surface area (Å²) >= 11 is 7.22. The van der Waals surface area contributed by atoms with Crippen LogP contribution in [-0.2, 0) is 9.53 Å². The van der Waals surface area contributed by atoms with Gasteiger partial charge in [0, 0.05) is 11.3 Å². The van der Waals surface area contributed by atoms with E-state index in [1.54, 1.807) is 24.2 Å². The number of carbonyl (C=O) groups is 1. The van der Waals surface area contributed by atoms with Gasteiger partial charge in [-0.15, -0.1) is 0 Å². The lowest BCUT2D eigenvalue weighted by atomic mass is 10.2. The lowest BCUT2D eigenvalue weighted by molar-refractivity contribution is -0.144. The number of hydrogen-bond acceptors (Lipinski definition) is 4. The van der Waals surface area contributed by atoms with Crippen LogP contribution in [0.25, 0.3) is 0 Å². The fourth-order valence-corrected chi connectivity index (χ4v) is 1.98. The summed E-state index contributed by atoms with van der Waals surface area (Å²) in [5.41, 5.74) is 8.31. The number of nitrogens with two attached hydrogens (primary N) is 1. The summed E-state index contributed by atoms with van der Waals surface area (Å²) in [5.74, 6) is 1.39. The molecular weight excluding hydrogens is 234 g/mol. The van der Waals surface area contributed by atoms with Crippen molar-refractivity contribution < 1.29 is 9.53 Å². The third-order valence-corrected chi connectivity index (χ3v) is 3.23. The second-order valence-electron chi connectivity index (χ2n) is 3.16. The first-order valence-corrected chi connectivity index (χ1v) is 6.46. The molecule has 0 spiro atoms. The quantitative estimate of drug-likeness (QED) is 0.556. The molecule has 0 radical (unpaired) electrons. The number of ether oxygens (including phenoxy) is 1. The first kappa shape index (κ1) is 14.8. The van der Waals surface area contributed by atoms with E-state index in [1.165, 1.54) is 0 Å². The summed E-state index contributed by atoms with van der Waals surface area (Å²) in [4.78, 5) is 11.1. The Morgan fingerprint density at radius 3 is 2.87 bits per heavy atom. The summed E-state index contributed by atoms with van der Waals surface area (Å²) in [6, 6.07) is -0.502. The van der Waals surface area contributed by atoms with Crippen LogP contribution in [0.15, 0.2) is 11.1 Å². The molecule has 0 aliphatic carbocycles. The van der Waals surface area contributed by atoms with Gasteiger partial charge in [-0.1, -0.05) is 17.2 Å². The molecular formula is C10H18ClNO2S. The number of carbonyl (C=O) groups excluding carboxylic acids is 1. The van der Waals surface area contributed by atoms with Crippen LogP contribution in [0.5, 0.6) is 0 Å². The number of thioether (sulfide) groups is 1. The fraction of sp³-hybridized carbons (Fsp3) is 0.700. The summed E-state index contributed by atoms with van der Waals surface area (Å²) in [6.07, 6.45) is 0.638. The molecule has 0 amide bonds. The van der Waals surface area contributed by atoms with E-state index >= 15 is 0 Å². The Labute approximate surface area is 100 Å². The highest BCUT2D eigenvalue weighted by Gasteiger charge is 2.13. The molecule has 0 aromatic heterocycles. The van der Waals surface area contributed by atoms with E-state index in [1.807, 2.05) is 6.92 Å². The molecule has 0 saturated carbocycles. The molecule has 1 unspecified atom stereocenters. The molecule has 0 aliphatic rings.